The van der Waals surface area contributed by atoms with Crippen molar-refractivity contribution in [1.82, 2.24) is 14.8 Å². The Kier molecular flexibility index (Phi) is 4.02. The van der Waals surface area contributed by atoms with Crippen LogP contribution in [-0.4, -0.2) is 35.1 Å². The van der Waals surface area contributed by atoms with E-state index < -0.39 is 0 Å². The van der Waals surface area contributed by atoms with E-state index in [9.17, 15) is 0 Å². The number of hydrogen-bond donors (Lipinski definition) is 1. The number of aromatic nitrogens is 1. The maximum Gasteiger partial charge on any atom is 0.0249 e. The van der Waals surface area contributed by atoms with E-state index >= 15 is 0 Å². The molecule has 2 rings (SSSR count). The maximum atomic E-state index is 3.59. The molecule has 0 aromatic carbocycles. The van der Waals surface area contributed by atoms with Crippen molar-refractivity contribution in [3.63, 3.8) is 0 Å². The molecule has 1 aromatic heterocycles. The Morgan fingerprint density at radius 2 is 2.38 bits per heavy atom. The number of nitrogens with zero attached hydrogens (tertiary/aromatic N) is 2. The summed E-state index contributed by atoms with van der Waals surface area (Å²) in [5, 5.41) is 3.59. The van der Waals surface area contributed by atoms with Gasteiger partial charge in [-0.2, -0.15) is 0 Å². The molecule has 1 aromatic rings. The lowest BCUT2D eigenvalue weighted by molar-refractivity contribution is 0.187. The van der Waals surface area contributed by atoms with Crippen LogP contribution < -0.4 is 5.32 Å². The molecule has 1 aliphatic rings. The first-order valence-corrected chi connectivity index (χ1v) is 6.34. The summed E-state index contributed by atoms with van der Waals surface area (Å²) in [7, 11) is 2.08. The van der Waals surface area contributed by atoms with Crippen molar-refractivity contribution in [3.8, 4) is 0 Å². The van der Waals surface area contributed by atoms with E-state index in [-0.39, 0.29) is 0 Å². The topological polar surface area (TPSA) is 20.2 Å². The van der Waals surface area contributed by atoms with Crippen LogP contribution in [0.15, 0.2) is 18.5 Å². The fourth-order valence-electron chi connectivity index (χ4n) is 2.49. The lowest BCUT2D eigenvalue weighted by Gasteiger charge is -2.33. The Balaban J connectivity index is 1.85. The first kappa shape index (κ1) is 11.7. The van der Waals surface area contributed by atoms with Crippen molar-refractivity contribution in [2.45, 2.75) is 32.4 Å². The Bertz CT molecular complexity index is 317. The van der Waals surface area contributed by atoms with E-state index in [1.807, 2.05) is 0 Å². The number of piperazine rings is 1. The Morgan fingerprint density at radius 1 is 1.50 bits per heavy atom. The Hall–Kier alpha value is -0.800. The predicted molar refractivity (Wildman–Crippen MR) is 67.4 cm³/mol. The van der Waals surface area contributed by atoms with Crippen LogP contribution in [0.1, 0.15) is 25.3 Å². The molecular formula is C13H23N3. The van der Waals surface area contributed by atoms with Crippen molar-refractivity contribution < 1.29 is 0 Å². The smallest absolute Gasteiger partial charge is 0.0249 e. The zero-order chi connectivity index (χ0) is 11.4. The summed E-state index contributed by atoms with van der Waals surface area (Å²) >= 11 is 0. The zero-order valence-electron chi connectivity index (χ0n) is 10.4. The fraction of sp³-hybridized carbons (Fsp3) is 0.692. The highest BCUT2D eigenvalue weighted by atomic mass is 15.2. The van der Waals surface area contributed by atoms with E-state index in [1.165, 1.54) is 31.5 Å². The summed E-state index contributed by atoms with van der Waals surface area (Å²) in [5.74, 6) is 0. The van der Waals surface area contributed by atoms with Gasteiger partial charge in [-0.05, 0) is 18.1 Å². The van der Waals surface area contributed by atoms with Gasteiger partial charge in [0.15, 0.2) is 0 Å². The lowest BCUT2D eigenvalue weighted by atomic mass is 10.1. The Labute approximate surface area is 98.4 Å². The summed E-state index contributed by atoms with van der Waals surface area (Å²) < 4.78 is 2.13. The minimum Gasteiger partial charge on any atom is -0.357 e. The van der Waals surface area contributed by atoms with Gasteiger partial charge in [-0.25, -0.2) is 0 Å². The third-order valence-electron chi connectivity index (χ3n) is 3.28. The lowest BCUT2D eigenvalue weighted by Crippen LogP contribution is -2.50. The SMILES string of the molecule is CCCC1CN(Cc2ccn(C)c2)CCN1. The molecule has 1 N–H and O–H groups in total. The van der Waals surface area contributed by atoms with Crippen LogP contribution in [0, 0.1) is 0 Å². The molecule has 1 saturated heterocycles. The largest absolute Gasteiger partial charge is 0.357 e. The van der Waals surface area contributed by atoms with E-state index in [2.05, 4.69) is 47.2 Å². The third-order valence-corrected chi connectivity index (χ3v) is 3.28. The van der Waals surface area contributed by atoms with Gasteiger partial charge in [0.1, 0.15) is 0 Å². The van der Waals surface area contributed by atoms with E-state index in [0.717, 1.165) is 13.1 Å². The molecule has 0 radical (unpaired) electrons. The molecule has 16 heavy (non-hydrogen) atoms. The van der Waals surface area contributed by atoms with Crippen molar-refractivity contribution in [2.75, 3.05) is 19.6 Å². The van der Waals surface area contributed by atoms with Gasteiger partial charge in [0.2, 0.25) is 0 Å². The van der Waals surface area contributed by atoms with E-state index in [1.54, 1.807) is 0 Å². The molecular weight excluding hydrogens is 198 g/mol. The predicted octanol–water partition coefficient (Wildman–Crippen LogP) is 1.60. The molecule has 1 aliphatic heterocycles. The van der Waals surface area contributed by atoms with Crippen LogP contribution in [0.4, 0.5) is 0 Å². The minimum absolute atomic E-state index is 0.697. The quantitative estimate of drug-likeness (QED) is 0.833. The molecule has 2 heterocycles. The van der Waals surface area contributed by atoms with Gasteiger partial charge in [0.05, 0.1) is 0 Å². The summed E-state index contributed by atoms with van der Waals surface area (Å²) in [6.45, 7) is 6.87. The van der Waals surface area contributed by atoms with Gasteiger partial charge in [0.25, 0.3) is 0 Å². The molecule has 1 atom stereocenters. The third kappa shape index (κ3) is 3.09. The molecule has 0 spiro atoms. The van der Waals surface area contributed by atoms with Gasteiger partial charge in [-0.3, -0.25) is 4.90 Å². The highest BCUT2D eigenvalue weighted by Crippen LogP contribution is 2.10. The van der Waals surface area contributed by atoms with Crippen LogP contribution >= 0.6 is 0 Å². The maximum absolute atomic E-state index is 3.59. The normalized spacial score (nSPS) is 22.5. The van der Waals surface area contributed by atoms with Crippen LogP contribution in [0.25, 0.3) is 0 Å². The highest BCUT2D eigenvalue weighted by molar-refractivity contribution is 5.09. The first-order valence-electron chi connectivity index (χ1n) is 6.34. The van der Waals surface area contributed by atoms with Crippen LogP contribution in [0.2, 0.25) is 0 Å². The second-order valence-corrected chi connectivity index (χ2v) is 4.86. The van der Waals surface area contributed by atoms with Gasteiger partial charge in [-0.1, -0.05) is 13.3 Å². The molecule has 1 fully saturated rings. The average molecular weight is 221 g/mol. The molecule has 0 amide bonds. The van der Waals surface area contributed by atoms with E-state index in [0.29, 0.717) is 6.04 Å². The summed E-state index contributed by atoms with van der Waals surface area (Å²) in [4.78, 5) is 2.56. The molecule has 0 bridgehead atoms. The second-order valence-electron chi connectivity index (χ2n) is 4.86. The molecule has 3 nitrogen and oxygen atoms in total. The zero-order valence-corrected chi connectivity index (χ0v) is 10.4. The fourth-order valence-corrected chi connectivity index (χ4v) is 2.49. The highest BCUT2D eigenvalue weighted by Gasteiger charge is 2.18. The average Bonchev–Trinajstić information content (AvgIpc) is 2.65. The number of rotatable bonds is 4. The monoisotopic (exact) mass is 221 g/mol. The molecule has 0 aliphatic carbocycles. The van der Waals surface area contributed by atoms with Crippen molar-refractivity contribution >= 4 is 0 Å². The number of nitrogens with one attached hydrogen (secondary N) is 1. The Morgan fingerprint density at radius 3 is 3.06 bits per heavy atom. The molecule has 90 valence electrons. The molecule has 1 unspecified atom stereocenters. The summed E-state index contributed by atoms with van der Waals surface area (Å²) in [6.07, 6.45) is 6.92. The van der Waals surface area contributed by atoms with Gasteiger partial charge in [0, 0.05) is 51.7 Å². The van der Waals surface area contributed by atoms with Crippen LogP contribution in [0.3, 0.4) is 0 Å². The first-order chi connectivity index (χ1) is 7.78. The number of hydrogen-bond acceptors (Lipinski definition) is 2. The van der Waals surface area contributed by atoms with Gasteiger partial charge >= 0.3 is 0 Å². The van der Waals surface area contributed by atoms with Crippen molar-refractivity contribution in [1.29, 1.82) is 0 Å². The van der Waals surface area contributed by atoms with E-state index in [4.69, 9.17) is 0 Å². The van der Waals surface area contributed by atoms with Crippen molar-refractivity contribution in [3.05, 3.63) is 24.0 Å². The molecule has 0 saturated carbocycles. The molecule has 3 heteroatoms. The van der Waals surface area contributed by atoms with Crippen LogP contribution in [0.5, 0.6) is 0 Å². The van der Waals surface area contributed by atoms with Crippen molar-refractivity contribution in [2.24, 2.45) is 7.05 Å². The minimum atomic E-state index is 0.697. The van der Waals surface area contributed by atoms with Gasteiger partial charge in [-0.15, -0.1) is 0 Å². The van der Waals surface area contributed by atoms with Gasteiger partial charge < -0.3 is 9.88 Å². The second kappa shape index (κ2) is 5.51. The number of aryl methyl sites for hydroxylation is 1. The standard InChI is InChI=1S/C13H23N3/c1-3-4-13-11-16(8-6-14-13)10-12-5-7-15(2)9-12/h5,7,9,13-14H,3-4,6,8,10-11H2,1-2H3. The summed E-state index contributed by atoms with van der Waals surface area (Å²) in [6, 6.07) is 2.92. The summed E-state index contributed by atoms with van der Waals surface area (Å²) in [5.41, 5.74) is 1.43. The van der Waals surface area contributed by atoms with Crippen LogP contribution in [-0.2, 0) is 13.6 Å².